The molecule has 2 N–H and O–H groups in total. The fourth-order valence-electron chi connectivity index (χ4n) is 2.16. The lowest BCUT2D eigenvalue weighted by molar-refractivity contribution is 0.0347. The number of aromatic nitrogens is 1. The van der Waals surface area contributed by atoms with Gasteiger partial charge in [-0.2, -0.15) is 0 Å². The predicted molar refractivity (Wildman–Crippen MR) is 89.5 cm³/mol. The van der Waals surface area contributed by atoms with Gasteiger partial charge in [-0.15, -0.1) is 11.3 Å². The molecule has 1 saturated heterocycles. The molecular weight excluding hydrogens is 300 g/mol. The zero-order valence-corrected chi connectivity index (χ0v) is 14.4. The third-order valence-corrected chi connectivity index (χ3v) is 4.46. The Kier molecular flexibility index (Phi) is 7.08. The van der Waals surface area contributed by atoms with E-state index in [4.69, 9.17) is 9.47 Å². The highest BCUT2D eigenvalue weighted by Gasteiger charge is 2.17. The van der Waals surface area contributed by atoms with Crippen molar-refractivity contribution in [2.75, 3.05) is 26.9 Å². The number of guanidine groups is 1. The summed E-state index contributed by atoms with van der Waals surface area (Å²) in [6.45, 7) is 7.05. The molecule has 0 aromatic carbocycles. The molecule has 1 aliphatic heterocycles. The number of thiazole rings is 1. The number of hydrogen-bond acceptors (Lipinski definition) is 5. The first-order chi connectivity index (χ1) is 10.7. The number of nitrogens with zero attached hydrogens (tertiary/aromatic N) is 2. The maximum absolute atomic E-state index is 5.81. The zero-order chi connectivity index (χ0) is 15.8. The molecule has 7 heteroatoms. The summed E-state index contributed by atoms with van der Waals surface area (Å²) in [6, 6.07) is 0.188. The summed E-state index contributed by atoms with van der Waals surface area (Å²) in [5.41, 5.74) is 1.05. The molecule has 2 rings (SSSR count). The molecule has 6 nitrogen and oxygen atoms in total. The minimum atomic E-state index is 0.188. The van der Waals surface area contributed by atoms with E-state index in [0.29, 0.717) is 19.8 Å². The van der Waals surface area contributed by atoms with Gasteiger partial charge in [-0.25, -0.2) is 4.98 Å². The van der Waals surface area contributed by atoms with Crippen molar-refractivity contribution < 1.29 is 9.47 Å². The van der Waals surface area contributed by atoms with Crippen LogP contribution < -0.4 is 10.6 Å². The first-order valence-corrected chi connectivity index (χ1v) is 8.69. The van der Waals surface area contributed by atoms with Crippen molar-refractivity contribution in [2.45, 2.75) is 45.4 Å². The molecule has 2 atom stereocenters. The quantitative estimate of drug-likeness (QED) is 0.588. The van der Waals surface area contributed by atoms with Crippen molar-refractivity contribution >= 4 is 17.3 Å². The number of aliphatic imine (C=N–C) groups is 1. The summed E-state index contributed by atoms with van der Waals surface area (Å²) in [5.74, 6) is 0.768. The van der Waals surface area contributed by atoms with Crippen LogP contribution in [-0.4, -0.2) is 50.0 Å². The van der Waals surface area contributed by atoms with Gasteiger partial charge >= 0.3 is 0 Å². The Morgan fingerprint density at radius 1 is 1.64 bits per heavy atom. The molecule has 124 valence electrons. The lowest BCUT2D eigenvalue weighted by Crippen LogP contribution is -2.44. The van der Waals surface area contributed by atoms with Gasteiger partial charge < -0.3 is 20.1 Å². The van der Waals surface area contributed by atoms with Crippen molar-refractivity contribution in [1.29, 1.82) is 0 Å². The number of aryl methyl sites for hydroxylation is 1. The molecule has 1 aromatic heterocycles. The Morgan fingerprint density at radius 2 is 2.50 bits per heavy atom. The summed E-state index contributed by atoms with van der Waals surface area (Å²) in [6.07, 6.45) is 2.21. The van der Waals surface area contributed by atoms with E-state index in [9.17, 15) is 0 Å². The average Bonchev–Trinajstić information content (AvgIpc) is 3.20. The molecule has 0 saturated carbocycles. The lowest BCUT2D eigenvalue weighted by atomic mass is 10.3. The monoisotopic (exact) mass is 326 g/mol. The number of ether oxygens (including phenoxy) is 2. The highest BCUT2D eigenvalue weighted by molar-refractivity contribution is 7.09. The maximum Gasteiger partial charge on any atom is 0.191 e. The van der Waals surface area contributed by atoms with Crippen LogP contribution in [0.2, 0.25) is 0 Å². The fourth-order valence-corrected chi connectivity index (χ4v) is 2.91. The average molecular weight is 326 g/mol. The zero-order valence-electron chi connectivity index (χ0n) is 13.6. The molecule has 2 heterocycles. The van der Waals surface area contributed by atoms with Crippen LogP contribution in [0.15, 0.2) is 10.4 Å². The highest BCUT2D eigenvalue weighted by atomic mass is 32.1. The van der Waals surface area contributed by atoms with Gasteiger partial charge in [0.05, 0.1) is 36.6 Å². The first-order valence-electron chi connectivity index (χ1n) is 7.81. The van der Waals surface area contributed by atoms with E-state index in [0.717, 1.165) is 31.1 Å². The topological polar surface area (TPSA) is 67.8 Å². The first kappa shape index (κ1) is 17.2. The van der Waals surface area contributed by atoms with Gasteiger partial charge in [-0.3, -0.25) is 4.99 Å². The second-order valence-electron chi connectivity index (χ2n) is 5.38. The molecule has 1 aliphatic rings. The Bertz CT molecular complexity index is 472. The van der Waals surface area contributed by atoms with E-state index >= 15 is 0 Å². The largest absolute Gasteiger partial charge is 0.379 e. The minimum Gasteiger partial charge on any atom is -0.379 e. The second kappa shape index (κ2) is 9.07. The molecule has 0 aliphatic carbocycles. The number of nitrogens with one attached hydrogen (secondary N) is 2. The van der Waals surface area contributed by atoms with Crippen molar-refractivity contribution in [1.82, 2.24) is 15.6 Å². The summed E-state index contributed by atoms with van der Waals surface area (Å²) in [7, 11) is 1.77. The maximum atomic E-state index is 5.81. The SMILES string of the molecule is CCc1nc(CNC(=NC)NC(C)COC2CCOC2)cs1. The number of hydrogen-bond donors (Lipinski definition) is 2. The standard InChI is InChI=1S/C15H26N4O2S/c1-4-14-19-12(10-22-14)7-17-15(16-3)18-11(2)8-21-13-5-6-20-9-13/h10-11,13H,4-9H2,1-3H3,(H2,16,17,18). The van der Waals surface area contributed by atoms with Gasteiger partial charge in [0.2, 0.25) is 0 Å². The van der Waals surface area contributed by atoms with E-state index < -0.39 is 0 Å². The van der Waals surface area contributed by atoms with Crippen LogP contribution in [0.1, 0.15) is 31.0 Å². The van der Waals surface area contributed by atoms with Crippen LogP contribution in [0.25, 0.3) is 0 Å². The van der Waals surface area contributed by atoms with Crippen LogP contribution >= 0.6 is 11.3 Å². The van der Waals surface area contributed by atoms with Gasteiger partial charge in [0.1, 0.15) is 0 Å². The molecule has 0 bridgehead atoms. The van der Waals surface area contributed by atoms with Crippen LogP contribution in [0, 0.1) is 0 Å². The second-order valence-corrected chi connectivity index (χ2v) is 6.32. The third-order valence-electron chi connectivity index (χ3n) is 3.42. The normalized spacial score (nSPS) is 20.1. The summed E-state index contributed by atoms with van der Waals surface area (Å²) in [4.78, 5) is 8.78. The van der Waals surface area contributed by atoms with Crippen LogP contribution in [-0.2, 0) is 22.4 Å². The molecule has 1 fully saturated rings. The van der Waals surface area contributed by atoms with E-state index in [1.165, 1.54) is 5.01 Å². The Morgan fingerprint density at radius 3 is 3.14 bits per heavy atom. The van der Waals surface area contributed by atoms with E-state index in [1.807, 2.05) is 0 Å². The van der Waals surface area contributed by atoms with Crippen LogP contribution in [0.4, 0.5) is 0 Å². The van der Waals surface area contributed by atoms with Crippen molar-refractivity contribution in [3.05, 3.63) is 16.1 Å². The Labute approximate surface area is 136 Å². The molecule has 1 aromatic rings. The molecule has 0 amide bonds. The third kappa shape index (κ3) is 5.55. The Hall–Kier alpha value is -1.18. The Balaban J connectivity index is 1.69. The molecule has 0 spiro atoms. The summed E-state index contributed by atoms with van der Waals surface area (Å²) in [5, 5.41) is 9.87. The lowest BCUT2D eigenvalue weighted by Gasteiger charge is -2.19. The van der Waals surface area contributed by atoms with E-state index in [2.05, 4.69) is 39.8 Å². The number of rotatable bonds is 7. The van der Waals surface area contributed by atoms with Crippen molar-refractivity contribution in [2.24, 2.45) is 4.99 Å². The highest BCUT2D eigenvalue weighted by Crippen LogP contribution is 2.10. The van der Waals surface area contributed by atoms with E-state index in [-0.39, 0.29) is 12.1 Å². The van der Waals surface area contributed by atoms with Gasteiger partial charge in [0.25, 0.3) is 0 Å². The smallest absolute Gasteiger partial charge is 0.191 e. The van der Waals surface area contributed by atoms with Crippen molar-refractivity contribution in [3.63, 3.8) is 0 Å². The van der Waals surface area contributed by atoms with Crippen LogP contribution in [0.5, 0.6) is 0 Å². The van der Waals surface area contributed by atoms with Crippen LogP contribution in [0.3, 0.4) is 0 Å². The molecule has 2 unspecified atom stereocenters. The molecular formula is C15H26N4O2S. The fraction of sp³-hybridized carbons (Fsp3) is 0.733. The summed E-state index contributed by atoms with van der Waals surface area (Å²) < 4.78 is 11.1. The summed E-state index contributed by atoms with van der Waals surface area (Å²) >= 11 is 1.70. The van der Waals surface area contributed by atoms with Gasteiger partial charge in [0.15, 0.2) is 5.96 Å². The molecule has 22 heavy (non-hydrogen) atoms. The van der Waals surface area contributed by atoms with E-state index in [1.54, 1.807) is 18.4 Å². The minimum absolute atomic E-state index is 0.188. The van der Waals surface area contributed by atoms with Gasteiger partial charge in [-0.05, 0) is 19.8 Å². The van der Waals surface area contributed by atoms with Gasteiger partial charge in [-0.1, -0.05) is 6.92 Å². The molecule has 0 radical (unpaired) electrons. The predicted octanol–water partition coefficient (Wildman–Crippen LogP) is 1.56. The van der Waals surface area contributed by atoms with Crippen molar-refractivity contribution in [3.8, 4) is 0 Å². The van der Waals surface area contributed by atoms with Gasteiger partial charge in [0, 0.05) is 25.1 Å².